The highest BCUT2D eigenvalue weighted by Gasteiger charge is 2.12. The fourth-order valence-electron chi connectivity index (χ4n) is 1.29. The van der Waals surface area contributed by atoms with Crippen molar-refractivity contribution in [3.8, 4) is 0 Å². The molecule has 0 fully saturated rings. The summed E-state index contributed by atoms with van der Waals surface area (Å²) in [5, 5.41) is 0. The van der Waals surface area contributed by atoms with E-state index in [1.807, 2.05) is 25.1 Å². The highest BCUT2D eigenvalue weighted by Crippen LogP contribution is 2.14. The molecule has 0 spiro atoms. The Bertz CT molecular complexity index is 321. The van der Waals surface area contributed by atoms with Crippen molar-refractivity contribution in [2.45, 2.75) is 13.5 Å². The van der Waals surface area contributed by atoms with E-state index in [1.54, 1.807) is 0 Å². The van der Waals surface area contributed by atoms with Gasteiger partial charge in [0.2, 0.25) is 0 Å². The first-order valence-corrected chi connectivity index (χ1v) is 4.07. The summed E-state index contributed by atoms with van der Waals surface area (Å²) in [6.45, 7) is 2.22. The molecule has 70 valence electrons. The van der Waals surface area contributed by atoms with Crippen LogP contribution < -0.4 is 5.73 Å². The molecular weight excluding hydrogens is 166 g/mol. The predicted molar refractivity (Wildman–Crippen MR) is 50.4 cm³/mol. The van der Waals surface area contributed by atoms with Crippen molar-refractivity contribution in [2.24, 2.45) is 5.73 Å². The molecule has 0 saturated heterocycles. The molecule has 0 aliphatic carbocycles. The van der Waals surface area contributed by atoms with Gasteiger partial charge >= 0.3 is 5.97 Å². The Morgan fingerprint density at radius 3 is 2.77 bits per heavy atom. The second-order valence-electron chi connectivity index (χ2n) is 2.80. The Morgan fingerprint density at radius 2 is 2.23 bits per heavy atom. The molecule has 3 heteroatoms. The summed E-state index contributed by atoms with van der Waals surface area (Å²) in [7, 11) is 1.37. The third kappa shape index (κ3) is 1.87. The highest BCUT2D eigenvalue weighted by atomic mass is 16.5. The average molecular weight is 179 g/mol. The lowest BCUT2D eigenvalue weighted by atomic mass is 10.0. The van der Waals surface area contributed by atoms with E-state index in [2.05, 4.69) is 4.74 Å². The Morgan fingerprint density at radius 1 is 1.54 bits per heavy atom. The van der Waals surface area contributed by atoms with Crippen LogP contribution in [0.2, 0.25) is 0 Å². The Hall–Kier alpha value is -1.35. The molecule has 0 saturated carbocycles. The molecule has 3 nitrogen and oxygen atoms in total. The van der Waals surface area contributed by atoms with E-state index in [0.717, 1.165) is 11.1 Å². The third-order valence-electron chi connectivity index (χ3n) is 1.97. The van der Waals surface area contributed by atoms with Gasteiger partial charge in [-0.25, -0.2) is 4.79 Å². The van der Waals surface area contributed by atoms with Crippen molar-refractivity contribution < 1.29 is 9.53 Å². The van der Waals surface area contributed by atoms with Crippen molar-refractivity contribution in [1.29, 1.82) is 0 Å². The second-order valence-corrected chi connectivity index (χ2v) is 2.80. The van der Waals surface area contributed by atoms with Crippen LogP contribution in [0.15, 0.2) is 18.2 Å². The number of nitrogens with two attached hydrogens (primary N) is 1. The molecule has 0 aliphatic heterocycles. The standard InChI is InChI=1S/C10H13NO2/c1-7-4-3-5-8(6-11)9(7)10(12)13-2/h3-5H,6,11H2,1-2H3. The van der Waals surface area contributed by atoms with Crippen LogP contribution in [0.3, 0.4) is 0 Å². The number of methoxy groups -OCH3 is 1. The van der Waals surface area contributed by atoms with Gasteiger partial charge in [0, 0.05) is 6.54 Å². The van der Waals surface area contributed by atoms with Crippen molar-refractivity contribution in [3.05, 3.63) is 34.9 Å². The summed E-state index contributed by atoms with van der Waals surface area (Å²) in [4.78, 5) is 11.3. The lowest BCUT2D eigenvalue weighted by molar-refractivity contribution is 0.0598. The summed E-state index contributed by atoms with van der Waals surface area (Å²) in [6, 6.07) is 5.58. The molecule has 13 heavy (non-hydrogen) atoms. The zero-order valence-corrected chi connectivity index (χ0v) is 7.83. The van der Waals surface area contributed by atoms with E-state index < -0.39 is 0 Å². The second kappa shape index (κ2) is 4.05. The Kier molecular flexibility index (Phi) is 3.03. The number of carbonyl (C=O) groups is 1. The maximum absolute atomic E-state index is 11.3. The van der Waals surface area contributed by atoms with Gasteiger partial charge in [0.1, 0.15) is 0 Å². The summed E-state index contributed by atoms with van der Waals surface area (Å²) < 4.78 is 4.67. The minimum atomic E-state index is -0.321. The first-order valence-electron chi connectivity index (χ1n) is 4.07. The van der Waals surface area contributed by atoms with Crippen molar-refractivity contribution >= 4 is 5.97 Å². The van der Waals surface area contributed by atoms with Gasteiger partial charge in [-0.05, 0) is 18.1 Å². The molecule has 0 radical (unpaired) electrons. The molecule has 0 aromatic heterocycles. The fourth-order valence-corrected chi connectivity index (χ4v) is 1.29. The quantitative estimate of drug-likeness (QED) is 0.695. The first kappa shape index (κ1) is 9.74. The van der Waals surface area contributed by atoms with Crippen LogP contribution in [0.4, 0.5) is 0 Å². The summed E-state index contributed by atoms with van der Waals surface area (Å²) in [6.07, 6.45) is 0. The molecule has 1 aromatic carbocycles. The molecule has 1 rings (SSSR count). The van der Waals surface area contributed by atoms with Gasteiger partial charge in [0.15, 0.2) is 0 Å². The monoisotopic (exact) mass is 179 g/mol. The Balaban J connectivity index is 3.22. The van der Waals surface area contributed by atoms with Crippen LogP contribution >= 0.6 is 0 Å². The van der Waals surface area contributed by atoms with Gasteiger partial charge in [-0.15, -0.1) is 0 Å². The summed E-state index contributed by atoms with van der Waals surface area (Å²) in [5.41, 5.74) is 7.82. The molecule has 0 unspecified atom stereocenters. The number of esters is 1. The highest BCUT2D eigenvalue weighted by molar-refractivity contribution is 5.92. The number of hydrogen-bond donors (Lipinski definition) is 1. The summed E-state index contributed by atoms with van der Waals surface area (Å²) >= 11 is 0. The van der Waals surface area contributed by atoms with Gasteiger partial charge in [0.05, 0.1) is 12.7 Å². The third-order valence-corrected chi connectivity index (χ3v) is 1.97. The van der Waals surface area contributed by atoms with E-state index in [1.165, 1.54) is 7.11 Å². The Labute approximate surface area is 77.5 Å². The molecule has 0 atom stereocenters. The van der Waals surface area contributed by atoms with Crippen LogP contribution in [-0.2, 0) is 11.3 Å². The number of ether oxygens (including phenoxy) is 1. The maximum atomic E-state index is 11.3. The molecule has 0 bridgehead atoms. The van der Waals surface area contributed by atoms with Crippen LogP contribution in [0.25, 0.3) is 0 Å². The van der Waals surface area contributed by atoms with Crippen LogP contribution in [0.1, 0.15) is 21.5 Å². The van der Waals surface area contributed by atoms with Crippen molar-refractivity contribution in [3.63, 3.8) is 0 Å². The van der Waals surface area contributed by atoms with Crippen molar-refractivity contribution in [2.75, 3.05) is 7.11 Å². The molecule has 1 aromatic rings. The van der Waals surface area contributed by atoms with Crippen LogP contribution in [0.5, 0.6) is 0 Å². The number of hydrogen-bond acceptors (Lipinski definition) is 3. The van der Waals surface area contributed by atoms with E-state index in [4.69, 9.17) is 5.73 Å². The SMILES string of the molecule is COC(=O)c1c(C)cccc1CN. The van der Waals surface area contributed by atoms with Crippen molar-refractivity contribution in [1.82, 2.24) is 0 Å². The smallest absolute Gasteiger partial charge is 0.338 e. The number of rotatable bonds is 2. The molecular formula is C10H13NO2. The minimum absolute atomic E-state index is 0.321. The minimum Gasteiger partial charge on any atom is -0.465 e. The lowest BCUT2D eigenvalue weighted by Crippen LogP contribution is -2.10. The molecule has 0 amide bonds. The number of aryl methyl sites for hydroxylation is 1. The van der Waals surface area contributed by atoms with E-state index in [-0.39, 0.29) is 5.97 Å². The van der Waals surface area contributed by atoms with Gasteiger partial charge in [-0.2, -0.15) is 0 Å². The van der Waals surface area contributed by atoms with Gasteiger partial charge in [0.25, 0.3) is 0 Å². The largest absolute Gasteiger partial charge is 0.465 e. The van der Waals surface area contributed by atoms with Gasteiger partial charge in [-0.1, -0.05) is 18.2 Å². The fraction of sp³-hybridized carbons (Fsp3) is 0.300. The predicted octanol–water partition coefficient (Wildman–Crippen LogP) is 1.24. The van der Waals surface area contributed by atoms with E-state index in [0.29, 0.717) is 12.1 Å². The number of benzene rings is 1. The molecule has 2 N–H and O–H groups in total. The first-order chi connectivity index (χ1) is 6.20. The van der Waals surface area contributed by atoms with E-state index >= 15 is 0 Å². The van der Waals surface area contributed by atoms with E-state index in [9.17, 15) is 4.79 Å². The molecule has 0 heterocycles. The molecule has 0 aliphatic rings. The maximum Gasteiger partial charge on any atom is 0.338 e. The zero-order valence-electron chi connectivity index (χ0n) is 7.83. The lowest BCUT2D eigenvalue weighted by Gasteiger charge is -2.08. The van der Waals surface area contributed by atoms with Crippen LogP contribution in [0, 0.1) is 6.92 Å². The topological polar surface area (TPSA) is 52.3 Å². The zero-order chi connectivity index (χ0) is 9.84. The van der Waals surface area contributed by atoms with Gasteiger partial charge < -0.3 is 10.5 Å². The number of carbonyl (C=O) groups excluding carboxylic acids is 1. The van der Waals surface area contributed by atoms with Gasteiger partial charge in [-0.3, -0.25) is 0 Å². The van der Waals surface area contributed by atoms with Crippen LogP contribution in [-0.4, -0.2) is 13.1 Å². The normalized spacial score (nSPS) is 9.77. The summed E-state index contributed by atoms with van der Waals surface area (Å²) in [5.74, 6) is -0.321. The average Bonchev–Trinajstić information content (AvgIpc) is 2.16.